The van der Waals surface area contributed by atoms with Gasteiger partial charge in [0.2, 0.25) is 0 Å². The molecule has 121 heavy (non-hydrogen) atoms. The fraction of sp³-hybridized carbons (Fsp3) is 0.275. The lowest BCUT2D eigenvalue weighted by Gasteiger charge is -2.19. The minimum Gasteiger partial charge on any atom is -0.527 e. The van der Waals surface area contributed by atoms with Gasteiger partial charge in [-0.1, -0.05) is 111 Å². The van der Waals surface area contributed by atoms with E-state index in [1.807, 2.05) is 0 Å². The largest absolute Gasteiger partial charge is 0.527 e. The number of nitrogens with zero attached hydrogens (tertiary/aromatic N) is 9. The number of nitrogens with one attached hydrogen (secondary N) is 5. The van der Waals surface area contributed by atoms with Crippen molar-refractivity contribution in [3.05, 3.63) is 225 Å². The number of hydrogen-bond acceptors (Lipinski definition) is 24. The van der Waals surface area contributed by atoms with Crippen molar-refractivity contribution in [2.24, 2.45) is 5.73 Å². The third-order valence-corrected chi connectivity index (χ3v) is 19.4. The molecule has 0 aliphatic rings. The second kappa shape index (κ2) is 49.8. The van der Waals surface area contributed by atoms with E-state index in [4.69, 9.17) is 128 Å². The summed E-state index contributed by atoms with van der Waals surface area (Å²) in [4.78, 5) is 80.7. The molecule has 5 amide bonds. The van der Waals surface area contributed by atoms with E-state index in [0.29, 0.717) is 41.3 Å². The molecule has 30 nitrogen and oxygen atoms in total. The number of ether oxygens (including phenoxy) is 3. The van der Waals surface area contributed by atoms with Gasteiger partial charge < -0.3 is 92.8 Å². The molecule has 0 saturated heterocycles. The minimum absolute atomic E-state index is 0.0164. The number of amides is 5. The van der Waals surface area contributed by atoms with Gasteiger partial charge in [0.25, 0.3) is 29.5 Å². The maximum atomic E-state index is 14.1. The standard InChI is InChI=1S/C27H26BCl2FN6O4.C26H29Cl2FN6O3.C21H12BCl2FN4O5.C6H16N2/c1-3-37(4-2)13-12-33-26(38)16-5-7-17(8-6-16)34-27(39)20-15-22(25(32)36-35-20)41-21(11-14-40-28)23-18(29)9-10-19(31)24(23)30;1-4-35(5-2)13-12-31-25(36)16-6-8-17(9-7-16)32-26(37)20-14-21(24(30)34-33-20)38-15(3)22-18(27)10-11-19(29)23(22)28;22-33-8-7-15(17-12(23)5-6-13(25)18(17)24)34-16-9-14(28-29-19(16)26)20(30)27-11-3-1-10(2-4-11)21(31)32;1-3-8(4-2)6-5-7/h5-10,15,21H,3-4,12-13H2,1-2H3,(H2,32,36)(H,33,38)(H,34,39);6-11,14-15H,4-5,12-13H2,1-3H3,(H2,30,34)(H,31,36)(H,32,37);1-6,9,15H,(H2,26,29)(H,27,30)(H,31,32);3-7H2,1-2H3/t21-;2*15-;/m111./s1. The molecule has 0 fully saturated rings. The maximum absolute atomic E-state index is 14.1. The number of benzene rings is 6. The van der Waals surface area contributed by atoms with Crippen LogP contribution in [0.5, 0.6) is 17.2 Å². The van der Waals surface area contributed by atoms with Gasteiger partial charge in [-0.25, -0.2) is 18.0 Å². The molecule has 0 spiro atoms. The highest BCUT2D eigenvalue weighted by molar-refractivity contribution is 6.37. The molecule has 0 aliphatic carbocycles. The van der Waals surface area contributed by atoms with Crippen molar-refractivity contribution in [3.63, 3.8) is 0 Å². The van der Waals surface area contributed by atoms with Crippen LogP contribution in [0, 0.1) is 41.5 Å². The summed E-state index contributed by atoms with van der Waals surface area (Å²) < 4.78 is 67.9. The molecule has 14 N–H and O–H groups in total. The average molecular weight is 1780 g/mol. The van der Waals surface area contributed by atoms with Crippen LogP contribution in [-0.2, 0) is 9.31 Å². The third-order valence-electron chi connectivity index (χ3n) is 17.3. The average Bonchev–Trinajstić information content (AvgIpc) is 0.816. The Hall–Kier alpha value is -11.6. The first-order valence-electron chi connectivity index (χ1n) is 36.8. The molecule has 0 saturated carbocycles. The van der Waals surface area contributed by atoms with Gasteiger partial charge in [0, 0.05) is 107 Å². The number of halogens is 9. The highest BCUT2D eigenvalue weighted by atomic mass is 35.5. The van der Waals surface area contributed by atoms with Crippen LogP contribution >= 0.6 is 69.6 Å². The number of carbonyl (C=O) groups is 6. The molecule has 3 atom stereocenters. The first-order valence-corrected chi connectivity index (χ1v) is 39.1. The molecular weight excluding hydrogens is 1700 g/mol. The summed E-state index contributed by atoms with van der Waals surface area (Å²) in [5, 5.41) is 44.6. The summed E-state index contributed by atoms with van der Waals surface area (Å²) in [7, 11) is 9.94. The summed E-state index contributed by atoms with van der Waals surface area (Å²) in [5.74, 6) is -1.37. The van der Waals surface area contributed by atoms with Crippen LogP contribution in [-0.4, -0.2) is 181 Å². The Morgan fingerprint density at radius 2 is 0.736 bits per heavy atom. The van der Waals surface area contributed by atoms with Crippen molar-refractivity contribution in [1.82, 2.24) is 55.9 Å². The van der Waals surface area contributed by atoms with E-state index < -0.39 is 59.5 Å². The molecule has 6 aromatic carbocycles. The Bertz CT molecular complexity index is 5180. The van der Waals surface area contributed by atoms with Crippen molar-refractivity contribution in [1.29, 1.82) is 0 Å². The predicted octanol–water partition coefficient (Wildman–Crippen LogP) is 12.9. The van der Waals surface area contributed by atoms with Crippen molar-refractivity contribution in [2.75, 3.05) is 112 Å². The summed E-state index contributed by atoms with van der Waals surface area (Å²) >= 11 is 36.7. The highest BCUT2D eigenvalue weighted by Crippen LogP contribution is 2.40. The van der Waals surface area contributed by atoms with E-state index in [2.05, 4.69) is 147 Å². The van der Waals surface area contributed by atoms with Gasteiger partial charge in [-0.3, -0.25) is 24.0 Å². The van der Waals surface area contributed by atoms with E-state index in [9.17, 15) is 41.9 Å². The maximum Gasteiger partial charge on any atom is 0.392 e. The smallest absolute Gasteiger partial charge is 0.392 e. The summed E-state index contributed by atoms with van der Waals surface area (Å²) in [6.07, 6.45) is 0.824. The van der Waals surface area contributed by atoms with Crippen molar-refractivity contribution in [3.8, 4) is 41.3 Å². The van der Waals surface area contributed by atoms with Crippen LogP contribution in [0.1, 0.15) is 146 Å². The lowest BCUT2D eigenvalue weighted by molar-refractivity contribution is 0.0695. The monoisotopic (exact) mass is 1780 g/mol. The minimum atomic E-state index is -1.31. The first-order chi connectivity index (χ1) is 57.9. The van der Waals surface area contributed by atoms with Gasteiger partial charge in [-0.05, 0) is 167 Å². The van der Waals surface area contributed by atoms with Gasteiger partial charge >= 0.3 is 22.1 Å². The summed E-state index contributed by atoms with van der Waals surface area (Å²) in [5.41, 5.74) is 24.8. The molecule has 9 rings (SSSR count). The Balaban J connectivity index is 0.000000269. The third kappa shape index (κ3) is 29.7. The molecule has 41 heteroatoms. The van der Waals surface area contributed by atoms with Gasteiger partial charge in [0.15, 0.2) is 64.0 Å². The zero-order valence-electron chi connectivity index (χ0n) is 66.2. The number of anilines is 6. The molecule has 3 heterocycles. The number of carboxylic acid groups (broad SMARTS) is 1. The fourth-order valence-electron chi connectivity index (χ4n) is 10.6. The molecule has 0 bridgehead atoms. The zero-order valence-corrected chi connectivity index (χ0v) is 70.7. The number of aromatic nitrogens is 6. The number of nitrogen functional groups attached to an aromatic ring is 3. The second-order valence-corrected chi connectivity index (χ2v) is 27.3. The van der Waals surface area contributed by atoms with E-state index in [-0.39, 0.29) is 116 Å². The van der Waals surface area contributed by atoms with Crippen LogP contribution in [0.15, 0.2) is 127 Å². The number of nitrogens with two attached hydrogens (primary N) is 4. The van der Waals surface area contributed by atoms with E-state index >= 15 is 0 Å². The molecule has 0 unspecified atom stereocenters. The lowest BCUT2D eigenvalue weighted by Crippen LogP contribution is -2.34. The Morgan fingerprint density at radius 3 is 1.03 bits per heavy atom. The van der Waals surface area contributed by atoms with E-state index in [1.165, 1.54) is 60.7 Å². The SMILES string of the molecule is CCN(CC)CCN.CCN(CC)CCNC(=O)c1ccc(NC(=O)c2cc(O[C@H](C)c3c(Cl)ccc(F)c3Cl)c(N)nn2)cc1.[B]OC#C[C@@H](Oc1cc(C(=O)Nc2ccc(C(=O)NCCN(CC)CC)cc2)nnc1N)c1c(Cl)ccc(F)c1Cl.[B]OC#C[C@@H](Oc1cc(C(=O)Nc2ccc(C(=O)O)cc2)nnc1N)c1c(Cl)ccc(F)c1Cl. The van der Waals surface area contributed by atoms with Crippen molar-refractivity contribution < 1.29 is 70.6 Å². The first kappa shape index (κ1) is 98.2. The topological polar surface area (TPSA) is 420 Å². The van der Waals surface area contributed by atoms with Crippen LogP contribution in [0.3, 0.4) is 0 Å². The molecule has 9 aromatic rings. The van der Waals surface area contributed by atoms with E-state index in [0.717, 1.165) is 83.6 Å². The number of aromatic carboxylic acids is 1. The molecule has 4 radical (unpaired) electrons. The molecule has 634 valence electrons. The second-order valence-electron chi connectivity index (χ2n) is 25.0. The molecular formula is C80H83B2Cl6F3N18O12. The van der Waals surface area contributed by atoms with Crippen LogP contribution in [0.4, 0.5) is 47.7 Å². The predicted molar refractivity (Wildman–Crippen MR) is 461 cm³/mol. The quantitative estimate of drug-likeness (QED) is 0.0106. The van der Waals surface area contributed by atoms with Gasteiger partial charge in [-0.15, -0.1) is 30.6 Å². The summed E-state index contributed by atoms with van der Waals surface area (Å²) in [6.45, 7) is 24.4. The van der Waals surface area contributed by atoms with E-state index in [1.54, 1.807) is 55.5 Å². The molecule has 0 aliphatic heterocycles. The number of rotatable bonds is 32. The van der Waals surface area contributed by atoms with Crippen LogP contribution in [0.2, 0.25) is 30.1 Å². The fourth-order valence-corrected chi connectivity index (χ4v) is 12.4. The number of carbonyl (C=O) groups excluding carboxylic acids is 5. The Morgan fingerprint density at radius 1 is 0.438 bits per heavy atom. The normalized spacial score (nSPS) is 11.3. The highest BCUT2D eigenvalue weighted by Gasteiger charge is 2.28. The number of likely N-dealkylation sites (N-methyl/N-ethyl adjacent to an activating group) is 3. The number of carboxylic acids is 1. The van der Waals surface area contributed by atoms with Crippen molar-refractivity contribution in [2.45, 2.75) is 66.8 Å². The van der Waals surface area contributed by atoms with Crippen LogP contribution in [0.25, 0.3) is 0 Å². The Kier molecular flexibility index (Phi) is 40.5. The number of hydrogen-bond donors (Lipinski definition) is 10. The Labute approximate surface area is 728 Å². The van der Waals surface area contributed by atoms with Gasteiger partial charge in [0.05, 0.1) is 42.9 Å². The molecule has 3 aromatic heterocycles. The van der Waals surface area contributed by atoms with Gasteiger partial charge in [-0.2, -0.15) is 0 Å². The van der Waals surface area contributed by atoms with Gasteiger partial charge in [0.1, 0.15) is 23.6 Å². The zero-order chi connectivity index (χ0) is 89.0. The lowest BCUT2D eigenvalue weighted by atomic mass is 10.1. The van der Waals surface area contributed by atoms with Crippen LogP contribution < -0.4 is 63.7 Å². The van der Waals surface area contributed by atoms with Crippen molar-refractivity contribution >= 4 is 156 Å². The summed E-state index contributed by atoms with van der Waals surface area (Å²) in [6, 6.07) is 29.1.